The van der Waals surface area contributed by atoms with Gasteiger partial charge in [-0.25, -0.2) is 0 Å². The van der Waals surface area contributed by atoms with E-state index in [9.17, 15) is 10.2 Å². The maximum Gasteiger partial charge on any atom is 0.129 e. The molecular formula is C9H18ClNO3S. The molecule has 90 valence electrons. The Labute approximate surface area is 99.1 Å². The number of rotatable bonds is 3. The number of thioether (sulfide) groups is 1. The van der Waals surface area contributed by atoms with Crippen LogP contribution in [0.15, 0.2) is 0 Å². The summed E-state index contributed by atoms with van der Waals surface area (Å²) in [6, 6.07) is -0.427. The van der Waals surface area contributed by atoms with E-state index >= 15 is 0 Å². The van der Waals surface area contributed by atoms with Crippen molar-refractivity contribution in [2.45, 2.75) is 48.5 Å². The van der Waals surface area contributed by atoms with E-state index < -0.39 is 24.4 Å². The van der Waals surface area contributed by atoms with Crippen LogP contribution in [-0.4, -0.2) is 51.6 Å². The molecule has 1 rings (SSSR count). The molecule has 1 aliphatic heterocycles. The Morgan fingerprint density at radius 1 is 1.47 bits per heavy atom. The lowest BCUT2D eigenvalue weighted by Crippen LogP contribution is -2.56. The summed E-state index contributed by atoms with van der Waals surface area (Å²) in [6.07, 6.45) is 0.230. The van der Waals surface area contributed by atoms with E-state index in [1.165, 1.54) is 11.8 Å². The Bertz CT molecular complexity index is 208. The smallest absolute Gasteiger partial charge is 0.129 e. The summed E-state index contributed by atoms with van der Waals surface area (Å²) in [7, 11) is 0. The quantitative estimate of drug-likeness (QED) is 0.626. The third-order valence-electron chi connectivity index (χ3n) is 2.61. The topological polar surface area (TPSA) is 75.7 Å². The van der Waals surface area contributed by atoms with Gasteiger partial charge in [-0.1, -0.05) is 0 Å². The lowest BCUT2D eigenvalue weighted by atomic mass is 9.96. The molecule has 1 saturated heterocycles. The van der Waals surface area contributed by atoms with Gasteiger partial charge in [0.05, 0.1) is 12.2 Å². The predicted molar refractivity (Wildman–Crippen MR) is 62.1 cm³/mol. The van der Waals surface area contributed by atoms with Gasteiger partial charge in [0, 0.05) is 17.8 Å². The molecule has 15 heavy (non-hydrogen) atoms. The molecule has 4 unspecified atom stereocenters. The fourth-order valence-electron chi connectivity index (χ4n) is 1.65. The number of halogens is 1. The minimum Gasteiger partial charge on any atom is -0.390 e. The fourth-order valence-corrected chi connectivity index (χ4v) is 2.46. The summed E-state index contributed by atoms with van der Waals surface area (Å²) < 4.78 is 5.54. The van der Waals surface area contributed by atoms with Crippen molar-refractivity contribution >= 4 is 23.4 Å². The van der Waals surface area contributed by atoms with Crippen LogP contribution < -0.4 is 5.73 Å². The third kappa shape index (κ3) is 3.22. The molecule has 0 spiro atoms. The highest BCUT2D eigenvalue weighted by Gasteiger charge is 2.40. The molecule has 6 heteroatoms. The first-order chi connectivity index (χ1) is 6.97. The highest BCUT2D eigenvalue weighted by Crippen LogP contribution is 2.28. The molecule has 0 aromatic rings. The van der Waals surface area contributed by atoms with Gasteiger partial charge in [-0.2, -0.15) is 0 Å². The zero-order valence-electron chi connectivity index (χ0n) is 8.84. The van der Waals surface area contributed by atoms with Crippen molar-refractivity contribution in [2.24, 2.45) is 5.73 Å². The van der Waals surface area contributed by atoms with Crippen LogP contribution in [0.5, 0.6) is 0 Å². The summed E-state index contributed by atoms with van der Waals surface area (Å²) in [5.41, 5.74) is 5.50. The van der Waals surface area contributed by atoms with Gasteiger partial charge < -0.3 is 20.7 Å². The minimum atomic E-state index is -0.750. The van der Waals surface area contributed by atoms with E-state index in [4.69, 9.17) is 22.1 Å². The molecule has 0 aromatic heterocycles. The fraction of sp³-hybridized carbons (Fsp3) is 1.00. The zero-order valence-corrected chi connectivity index (χ0v) is 10.4. The first kappa shape index (κ1) is 13.5. The Balaban J connectivity index is 2.64. The first-order valence-corrected chi connectivity index (χ1v) is 6.63. The maximum atomic E-state index is 9.74. The van der Waals surface area contributed by atoms with Crippen LogP contribution >= 0.6 is 23.4 Å². The SMILES string of the molecule is CSC1OC(C(N)C(C)Cl)[C@@H](O)C[C@@H]1O. The van der Waals surface area contributed by atoms with Gasteiger partial charge in [-0.15, -0.1) is 23.4 Å². The second-order valence-corrected chi connectivity index (χ2v) is 5.45. The number of hydrogen-bond acceptors (Lipinski definition) is 5. The Morgan fingerprint density at radius 3 is 2.53 bits per heavy atom. The summed E-state index contributed by atoms with van der Waals surface area (Å²) in [5.74, 6) is 0. The molecule has 1 aliphatic rings. The van der Waals surface area contributed by atoms with Crippen LogP contribution in [0.4, 0.5) is 0 Å². The van der Waals surface area contributed by atoms with E-state index in [2.05, 4.69) is 0 Å². The largest absolute Gasteiger partial charge is 0.390 e. The Morgan fingerprint density at radius 2 is 2.07 bits per heavy atom. The number of nitrogens with two attached hydrogens (primary N) is 1. The minimum absolute atomic E-state index is 0.276. The molecule has 1 heterocycles. The van der Waals surface area contributed by atoms with Crippen LogP contribution in [0.3, 0.4) is 0 Å². The third-order valence-corrected chi connectivity index (χ3v) is 3.79. The van der Waals surface area contributed by atoms with Crippen LogP contribution in [0, 0.1) is 0 Å². The van der Waals surface area contributed by atoms with Crippen LogP contribution in [-0.2, 0) is 4.74 Å². The average Bonchev–Trinajstić information content (AvgIpc) is 2.17. The van der Waals surface area contributed by atoms with E-state index in [0.717, 1.165) is 0 Å². The number of hydrogen-bond donors (Lipinski definition) is 3. The van der Waals surface area contributed by atoms with Crippen molar-refractivity contribution in [3.05, 3.63) is 0 Å². The summed E-state index contributed by atoms with van der Waals surface area (Å²) in [6.45, 7) is 1.77. The molecule has 6 atom stereocenters. The van der Waals surface area contributed by atoms with E-state index in [1.54, 1.807) is 6.92 Å². The Hall–Kier alpha value is 0.480. The van der Waals surface area contributed by atoms with Crippen LogP contribution in [0.1, 0.15) is 13.3 Å². The van der Waals surface area contributed by atoms with E-state index in [1.807, 2.05) is 6.26 Å². The molecule has 0 saturated carbocycles. The van der Waals surface area contributed by atoms with E-state index in [0.29, 0.717) is 0 Å². The van der Waals surface area contributed by atoms with Crippen molar-refractivity contribution in [1.29, 1.82) is 0 Å². The monoisotopic (exact) mass is 255 g/mol. The number of alkyl halides is 1. The van der Waals surface area contributed by atoms with Gasteiger partial charge in [0.25, 0.3) is 0 Å². The summed E-state index contributed by atoms with van der Waals surface area (Å²) in [4.78, 5) is 0. The van der Waals surface area contributed by atoms with Crippen molar-refractivity contribution in [1.82, 2.24) is 0 Å². The van der Waals surface area contributed by atoms with Crippen LogP contribution in [0.25, 0.3) is 0 Å². The Kier molecular flexibility index (Phi) is 5.15. The average molecular weight is 256 g/mol. The lowest BCUT2D eigenvalue weighted by Gasteiger charge is -2.39. The number of ether oxygens (including phenoxy) is 1. The highest BCUT2D eigenvalue weighted by atomic mass is 35.5. The molecule has 0 amide bonds. The molecule has 0 aromatic carbocycles. The zero-order chi connectivity index (χ0) is 11.6. The van der Waals surface area contributed by atoms with Gasteiger partial charge in [0.1, 0.15) is 11.5 Å². The molecule has 0 bridgehead atoms. The lowest BCUT2D eigenvalue weighted by molar-refractivity contribution is -0.144. The van der Waals surface area contributed by atoms with Crippen molar-refractivity contribution in [2.75, 3.05) is 6.26 Å². The molecule has 1 fully saturated rings. The van der Waals surface area contributed by atoms with Gasteiger partial charge in [-0.05, 0) is 13.2 Å². The maximum absolute atomic E-state index is 9.74. The van der Waals surface area contributed by atoms with Gasteiger partial charge >= 0.3 is 0 Å². The van der Waals surface area contributed by atoms with Crippen molar-refractivity contribution < 1.29 is 14.9 Å². The van der Waals surface area contributed by atoms with Gasteiger partial charge in [-0.3, -0.25) is 0 Å². The summed E-state index contributed by atoms with van der Waals surface area (Å²) >= 11 is 7.28. The van der Waals surface area contributed by atoms with Crippen molar-refractivity contribution in [3.8, 4) is 0 Å². The van der Waals surface area contributed by atoms with Gasteiger partial charge in [0.2, 0.25) is 0 Å². The standard InChI is InChI=1S/C9H18ClNO3S/c1-4(10)7(11)8-5(12)3-6(13)9(14-8)15-2/h4-9,12-13H,3,11H2,1-2H3/t4?,5-,6-,7?,8?,9?/m0/s1. The highest BCUT2D eigenvalue weighted by molar-refractivity contribution is 7.99. The normalized spacial score (nSPS) is 41.2. The molecule has 4 nitrogen and oxygen atoms in total. The number of aliphatic hydroxyl groups excluding tert-OH is 2. The van der Waals surface area contributed by atoms with Crippen LogP contribution in [0.2, 0.25) is 0 Å². The van der Waals surface area contributed by atoms with E-state index in [-0.39, 0.29) is 17.2 Å². The number of aliphatic hydroxyl groups is 2. The van der Waals surface area contributed by atoms with Gasteiger partial charge in [0.15, 0.2) is 0 Å². The molecular weight excluding hydrogens is 238 g/mol. The molecule has 0 aliphatic carbocycles. The molecule has 4 N–H and O–H groups in total. The predicted octanol–water partition coefficient (Wildman–Crippen LogP) is 0.141. The second kappa shape index (κ2) is 5.70. The second-order valence-electron chi connectivity index (χ2n) is 3.83. The first-order valence-electron chi connectivity index (χ1n) is 4.91. The van der Waals surface area contributed by atoms with Crippen molar-refractivity contribution in [3.63, 3.8) is 0 Å². The molecule has 0 radical (unpaired) electrons. The summed E-state index contributed by atoms with van der Waals surface area (Å²) in [5, 5.41) is 19.1.